The molecule has 1 aliphatic carbocycles. The van der Waals surface area contributed by atoms with Crippen molar-refractivity contribution >= 4 is 34.3 Å². The Morgan fingerprint density at radius 3 is 2.61 bits per heavy atom. The van der Waals surface area contributed by atoms with Gasteiger partial charge in [0.2, 0.25) is 5.91 Å². The van der Waals surface area contributed by atoms with Gasteiger partial charge in [0.25, 0.3) is 0 Å². The average molecular weight is 643 g/mol. The van der Waals surface area contributed by atoms with Gasteiger partial charge in [0.1, 0.15) is 24.1 Å². The van der Waals surface area contributed by atoms with Crippen molar-refractivity contribution in [2.24, 2.45) is 0 Å². The summed E-state index contributed by atoms with van der Waals surface area (Å²) in [5.74, 6) is -1.73. The number of amides is 2. The molecule has 2 aromatic carbocycles. The van der Waals surface area contributed by atoms with Crippen molar-refractivity contribution in [3.63, 3.8) is 0 Å². The molecule has 46 heavy (non-hydrogen) atoms. The molecule has 0 radical (unpaired) electrons. The van der Waals surface area contributed by atoms with Crippen LogP contribution in [0.5, 0.6) is 5.75 Å². The highest BCUT2D eigenvalue weighted by Crippen LogP contribution is 2.39. The van der Waals surface area contributed by atoms with Crippen LogP contribution in [0.1, 0.15) is 56.9 Å². The Kier molecular flexibility index (Phi) is 8.61. The molecule has 14 heteroatoms. The quantitative estimate of drug-likeness (QED) is 0.258. The first kappa shape index (κ1) is 31.7. The van der Waals surface area contributed by atoms with Crippen LogP contribution in [-0.4, -0.2) is 76.4 Å². The van der Waals surface area contributed by atoms with E-state index in [9.17, 15) is 29.7 Å². The van der Waals surface area contributed by atoms with Crippen LogP contribution in [0.3, 0.4) is 0 Å². The molecule has 12 nitrogen and oxygen atoms in total. The molecular formula is C32H36F2N4O8. The third-order valence-corrected chi connectivity index (χ3v) is 8.78. The van der Waals surface area contributed by atoms with Crippen LogP contribution in [0.2, 0.25) is 0 Å². The first-order valence-corrected chi connectivity index (χ1v) is 15.3. The summed E-state index contributed by atoms with van der Waals surface area (Å²) in [6.45, 7) is 2.11. The molecule has 2 saturated heterocycles. The van der Waals surface area contributed by atoms with E-state index in [1.165, 1.54) is 30.2 Å². The predicted molar refractivity (Wildman–Crippen MR) is 163 cm³/mol. The number of hydrogen-bond donors (Lipinski definition) is 4. The first-order valence-electron chi connectivity index (χ1n) is 15.3. The third-order valence-electron chi connectivity index (χ3n) is 8.78. The number of ether oxygens (including phenoxy) is 2. The van der Waals surface area contributed by atoms with Crippen LogP contribution in [0.25, 0.3) is 10.9 Å². The van der Waals surface area contributed by atoms with Gasteiger partial charge in [-0.1, -0.05) is 0 Å². The van der Waals surface area contributed by atoms with Crippen LogP contribution < -0.4 is 25.3 Å². The van der Waals surface area contributed by atoms with Gasteiger partial charge >= 0.3 is 6.09 Å². The zero-order valence-corrected chi connectivity index (χ0v) is 25.2. The number of aliphatic hydroxyl groups is 3. The molecule has 2 amide bonds. The van der Waals surface area contributed by atoms with Crippen molar-refractivity contribution in [2.75, 3.05) is 42.6 Å². The number of rotatable bonds is 9. The highest BCUT2D eigenvalue weighted by molar-refractivity contribution is 5.90. The second-order valence-electron chi connectivity index (χ2n) is 12.3. The second-order valence-corrected chi connectivity index (χ2v) is 12.3. The first-order chi connectivity index (χ1) is 21.9. The van der Waals surface area contributed by atoms with E-state index in [0.717, 1.165) is 25.0 Å². The maximum atomic E-state index is 15.5. The van der Waals surface area contributed by atoms with E-state index in [4.69, 9.17) is 9.47 Å². The lowest BCUT2D eigenvalue weighted by molar-refractivity contribution is -0.119. The van der Waals surface area contributed by atoms with Gasteiger partial charge in [-0.15, -0.1) is 0 Å². The number of pyridine rings is 1. The number of benzene rings is 2. The van der Waals surface area contributed by atoms with Gasteiger partial charge in [-0.2, -0.15) is 0 Å². The van der Waals surface area contributed by atoms with Crippen LogP contribution in [-0.2, 0) is 9.53 Å². The third kappa shape index (κ3) is 6.50. The molecule has 6 rings (SSSR count). The number of carbonyl (C=O) groups excluding carboxylic acids is 2. The van der Waals surface area contributed by atoms with Crippen molar-refractivity contribution in [3.05, 3.63) is 63.9 Å². The minimum Gasteiger partial charge on any atom is -0.488 e. The lowest BCUT2D eigenvalue weighted by atomic mass is 9.96. The van der Waals surface area contributed by atoms with Crippen molar-refractivity contribution < 1.29 is 43.2 Å². The molecule has 3 heterocycles. The van der Waals surface area contributed by atoms with Crippen LogP contribution in [0, 0.1) is 11.6 Å². The number of nitrogens with zero attached hydrogens (tertiary/aromatic N) is 3. The summed E-state index contributed by atoms with van der Waals surface area (Å²) in [4.78, 5) is 39.4. The fraction of sp³-hybridized carbons (Fsp3) is 0.469. The lowest BCUT2D eigenvalue weighted by Gasteiger charge is -2.28. The van der Waals surface area contributed by atoms with Gasteiger partial charge in [-0.3, -0.25) is 14.5 Å². The van der Waals surface area contributed by atoms with Crippen LogP contribution >= 0.6 is 0 Å². The molecule has 1 saturated carbocycles. The maximum absolute atomic E-state index is 15.5. The fourth-order valence-electron chi connectivity index (χ4n) is 6.11. The number of cyclic esters (lactones) is 1. The molecule has 1 aromatic heterocycles. The standard InChI is InChI=1S/C32H36F2N4O8/c1-18(39)35-14-21-15-38(31(43)46-21)20-5-6-28(25(34)11-20)45-17-32(44)7-2-9-36(10-8-32)27-13-26-22(12-24(27)33)29(40)23(30(41)42)16-37(26)19-3-4-19/h5-6,11-13,16,19,21,30,41-42,44H,2-4,7-10,14-15,17H2,1H3,(H,35,39)/t21-,32?/m0/s1. The molecule has 3 aromatic rings. The molecular weight excluding hydrogens is 606 g/mol. The molecule has 2 aliphatic heterocycles. The summed E-state index contributed by atoms with van der Waals surface area (Å²) in [6.07, 6.45) is 0.949. The molecule has 2 atom stereocenters. The molecule has 4 N–H and O–H groups in total. The Labute approximate surface area is 262 Å². The van der Waals surface area contributed by atoms with E-state index >= 15 is 8.78 Å². The molecule has 1 unspecified atom stereocenters. The number of aromatic nitrogens is 1. The zero-order valence-electron chi connectivity index (χ0n) is 25.2. The SMILES string of the molecule is CC(=O)NC[C@H]1CN(c2ccc(OCC3(O)CCCN(c4cc5c(cc4F)c(=O)c(C(O)O)cn5C4CC4)CC3)c(F)c2)C(=O)O1. The van der Waals surface area contributed by atoms with E-state index in [1.807, 2.05) is 0 Å². The molecule has 0 spiro atoms. The monoisotopic (exact) mass is 642 g/mol. The summed E-state index contributed by atoms with van der Waals surface area (Å²) in [5, 5.41) is 33.4. The zero-order chi connectivity index (χ0) is 32.7. The van der Waals surface area contributed by atoms with E-state index in [-0.39, 0.29) is 72.7 Å². The molecule has 246 valence electrons. The predicted octanol–water partition coefficient (Wildman–Crippen LogP) is 2.86. The van der Waals surface area contributed by atoms with Gasteiger partial charge in [0.15, 0.2) is 23.3 Å². The van der Waals surface area contributed by atoms with Crippen molar-refractivity contribution in [2.45, 2.75) is 63.1 Å². The summed E-state index contributed by atoms with van der Waals surface area (Å²) in [7, 11) is 0. The summed E-state index contributed by atoms with van der Waals surface area (Å²) in [6, 6.07) is 6.84. The number of nitrogens with one attached hydrogen (secondary N) is 1. The van der Waals surface area contributed by atoms with Gasteiger partial charge < -0.3 is 39.6 Å². The largest absolute Gasteiger partial charge is 0.488 e. The minimum absolute atomic E-state index is 0.0675. The lowest BCUT2D eigenvalue weighted by Crippen LogP contribution is -2.37. The Hall–Kier alpha value is -4.27. The fourth-order valence-corrected chi connectivity index (χ4v) is 6.11. The number of anilines is 2. The van der Waals surface area contributed by atoms with Crippen LogP contribution in [0.4, 0.5) is 25.0 Å². The van der Waals surface area contributed by atoms with Crippen molar-refractivity contribution in [1.82, 2.24) is 9.88 Å². The Morgan fingerprint density at radius 1 is 1.13 bits per heavy atom. The number of hydrogen-bond acceptors (Lipinski definition) is 9. The summed E-state index contributed by atoms with van der Waals surface area (Å²) < 4.78 is 43.2. The highest BCUT2D eigenvalue weighted by atomic mass is 19.1. The Morgan fingerprint density at radius 2 is 1.91 bits per heavy atom. The normalized spacial score (nSPS) is 21.9. The van der Waals surface area contributed by atoms with Crippen molar-refractivity contribution in [1.29, 1.82) is 0 Å². The molecule has 3 fully saturated rings. The smallest absolute Gasteiger partial charge is 0.414 e. The topological polar surface area (TPSA) is 154 Å². The summed E-state index contributed by atoms with van der Waals surface area (Å²) in [5.41, 5.74) is -1.14. The van der Waals surface area contributed by atoms with E-state index in [0.29, 0.717) is 24.9 Å². The Bertz CT molecular complexity index is 1730. The van der Waals surface area contributed by atoms with Gasteiger partial charge in [-0.25, -0.2) is 13.6 Å². The number of fused-ring (bicyclic) bond motifs is 1. The average Bonchev–Trinajstić information content (AvgIpc) is 3.81. The van der Waals surface area contributed by atoms with Gasteiger partial charge in [-0.05, 0) is 56.4 Å². The van der Waals surface area contributed by atoms with Gasteiger partial charge in [0.05, 0.1) is 35.5 Å². The molecule has 3 aliphatic rings. The number of aliphatic hydroxyl groups excluding tert-OH is 1. The highest BCUT2D eigenvalue weighted by Gasteiger charge is 2.35. The van der Waals surface area contributed by atoms with E-state index < -0.39 is 41.2 Å². The number of carbonyl (C=O) groups is 2. The number of halogens is 2. The van der Waals surface area contributed by atoms with Gasteiger partial charge in [0, 0.05) is 43.7 Å². The molecule has 0 bridgehead atoms. The minimum atomic E-state index is -1.97. The van der Waals surface area contributed by atoms with E-state index in [1.54, 1.807) is 15.5 Å². The van der Waals surface area contributed by atoms with Crippen molar-refractivity contribution in [3.8, 4) is 5.75 Å². The van der Waals surface area contributed by atoms with Crippen LogP contribution in [0.15, 0.2) is 41.3 Å². The van der Waals surface area contributed by atoms with E-state index in [2.05, 4.69) is 5.32 Å². The summed E-state index contributed by atoms with van der Waals surface area (Å²) >= 11 is 0. The maximum Gasteiger partial charge on any atom is 0.414 e. The second kappa shape index (κ2) is 12.5. The Balaban J connectivity index is 1.13.